The van der Waals surface area contributed by atoms with Gasteiger partial charge in [0.2, 0.25) is 0 Å². The van der Waals surface area contributed by atoms with Gasteiger partial charge in [-0.2, -0.15) is 0 Å². The van der Waals surface area contributed by atoms with E-state index in [9.17, 15) is 0 Å². The van der Waals surface area contributed by atoms with Gasteiger partial charge in [-0.25, -0.2) is 0 Å². The summed E-state index contributed by atoms with van der Waals surface area (Å²) < 4.78 is 0. The zero-order chi connectivity index (χ0) is 11.4. The number of piperidine rings is 1. The van der Waals surface area contributed by atoms with Crippen LogP contribution in [0.5, 0.6) is 0 Å². The van der Waals surface area contributed by atoms with Gasteiger partial charge in [-0.05, 0) is 44.5 Å². The Balaban J connectivity index is 1.94. The molecule has 1 aromatic rings. The van der Waals surface area contributed by atoms with Crippen LogP contribution in [-0.4, -0.2) is 36.1 Å². The predicted octanol–water partition coefficient (Wildman–Crippen LogP) is 1.83. The Morgan fingerprint density at radius 2 is 1.94 bits per heavy atom. The van der Waals surface area contributed by atoms with Crippen LogP contribution in [0, 0.1) is 0 Å². The van der Waals surface area contributed by atoms with Gasteiger partial charge in [-0.3, -0.25) is 9.88 Å². The van der Waals surface area contributed by atoms with E-state index < -0.39 is 0 Å². The molecule has 1 aliphatic rings. The van der Waals surface area contributed by atoms with Crippen molar-refractivity contribution in [2.75, 3.05) is 20.1 Å². The second-order valence-electron chi connectivity index (χ2n) is 4.56. The fourth-order valence-electron chi connectivity index (χ4n) is 2.43. The second kappa shape index (κ2) is 5.41. The Hall–Kier alpha value is -0.930. The molecule has 3 heteroatoms. The number of nitrogens with one attached hydrogen (secondary N) is 1. The van der Waals surface area contributed by atoms with Gasteiger partial charge >= 0.3 is 0 Å². The molecule has 0 aromatic carbocycles. The summed E-state index contributed by atoms with van der Waals surface area (Å²) in [4.78, 5) is 6.63. The quantitative estimate of drug-likeness (QED) is 0.840. The molecule has 0 bridgehead atoms. The van der Waals surface area contributed by atoms with E-state index in [0.29, 0.717) is 12.1 Å². The number of pyridine rings is 1. The first kappa shape index (κ1) is 11.6. The van der Waals surface area contributed by atoms with Crippen LogP contribution >= 0.6 is 0 Å². The van der Waals surface area contributed by atoms with Gasteiger partial charge in [0, 0.05) is 37.6 Å². The minimum atomic E-state index is 0.515. The molecule has 3 nitrogen and oxygen atoms in total. The maximum atomic E-state index is 4.07. The van der Waals surface area contributed by atoms with Crippen molar-refractivity contribution in [1.29, 1.82) is 0 Å². The highest BCUT2D eigenvalue weighted by Crippen LogP contribution is 2.23. The largest absolute Gasteiger partial charge is 0.317 e. The van der Waals surface area contributed by atoms with Gasteiger partial charge in [0.05, 0.1) is 0 Å². The highest BCUT2D eigenvalue weighted by molar-refractivity contribution is 5.14. The van der Waals surface area contributed by atoms with E-state index in [-0.39, 0.29) is 0 Å². The highest BCUT2D eigenvalue weighted by atomic mass is 15.2. The fraction of sp³-hybridized carbons (Fsp3) is 0.615. The molecule has 2 rings (SSSR count). The summed E-state index contributed by atoms with van der Waals surface area (Å²) in [5, 5.41) is 3.37. The van der Waals surface area contributed by atoms with Gasteiger partial charge in [0.1, 0.15) is 0 Å². The van der Waals surface area contributed by atoms with Crippen molar-refractivity contribution in [2.45, 2.75) is 31.8 Å². The van der Waals surface area contributed by atoms with Gasteiger partial charge in [-0.15, -0.1) is 0 Å². The lowest BCUT2D eigenvalue weighted by molar-refractivity contribution is 0.155. The molecule has 0 saturated carbocycles. The summed E-state index contributed by atoms with van der Waals surface area (Å²) in [6.45, 7) is 4.67. The van der Waals surface area contributed by atoms with Crippen molar-refractivity contribution < 1.29 is 0 Å². The third-order valence-electron chi connectivity index (χ3n) is 3.67. The molecule has 1 aromatic heterocycles. The number of hydrogen-bond donors (Lipinski definition) is 1. The average molecular weight is 219 g/mol. The minimum absolute atomic E-state index is 0.515. The molecule has 0 radical (unpaired) electrons. The maximum Gasteiger partial charge on any atom is 0.0321 e. The Kier molecular flexibility index (Phi) is 3.91. The smallest absolute Gasteiger partial charge is 0.0321 e. The van der Waals surface area contributed by atoms with Crippen LogP contribution in [0.15, 0.2) is 24.5 Å². The Labute approximate surface area is 97.9 Å². The van der Waals surface area contributed by atoms with Crippen LogP contribution in [0.3, 0.4) is 0 Å². The van der Waals surface area contributed by atoms with Crippen molar-refractivity contribution in [3.8, 4) is 0 Å². The number of likely N-dealkylation sites (tertiary alicyclic amines) is 1. The molecule has 1 saturated heterocycles. The molecule has 16 heavy (non-hydrogen) atoms. The van der Waals surface area contributed by atoms with Crippen molar-refractivity contribution in [1.82, 2.24) is 15.2 Å². The lowest BCUT2D eigenvalue weighted by atomic mass is 10.0. The molecular formula is C13H21N3. The monoisotopic (exact) mass is 219 g/mol. The van der Waals surface area contributed by atoms with Crippen molar-refractivity contribution in [3.05, 3.63) is 30.1 Å². The van der Waals surface area contributed by atoms with Crippen LogP contribution in [0.4, 0.5) is 0 Å². The van der Waals surface area contributed by atoms with E-state index in [1.165, 1.54) is 31.5 Å². The molecular weight excluding hydrogens is 198 g/mol. The maximum absolute atomic E-state index is 4.07. The summed E-state index contributed by atoms with van der Waals surface area (Å²) in [5.74, 6) is 0. The van der Waals surface area contributed by atoms with Crippen molar-refractivity contribution >= 4 is 0 Å². The summed E-state index contributed by atoms with van der Waals surface area (Å²) >= 11 is 0. The second-order valence-corrected chi connectivity index (χ2v) is 4.56. The molecule has 2 heterocycles. The number of aromatic nitrogens is 1. The van der Waals surface area contributed by atoms with E-state index in [1.54, 1.807) is 0 Å². The third-order valence-corrected chi connectivity index (χ3v) is 3.67. The fourth-order valence-corrected chi connectivity index (χ4v) is 2.43. The first-order chi connectivity index (χ1) is 7.81. The Morgan fingerprint density at radius 1 is 1.31 bits per heavy atom. The standard InChI is InChI=1S/C13H21N3/c1-11(12-3-7-15-8-4-12)16-9-5-13(14-2)6-10-16/h3-4,7-8,11,13-14H,5-6,9-10H2,1-2H3. The van der Waals surface area contributed by atoms with Crippen LogP contribution in [0.25, 0.3) is 0 Å². The summed E-state index contributed by atoms with van der Waals surface area (Å²) in [6.07, 6.45) is 6.27. The van der Waals surface area contributed by atoms with Crippen LogP contribution in [-0.2, 0) is 0 Å². The molecule has 1 unspecified atom stereocenters. The summed E-state index contributed by atoms with van der Waals surface area (Å²) in [7, 11) is 2.06. The number of hydrogen-bond acceptors (Lipinski definition) is 3. The van der Waals surface area contributed by atoms with Gasteiger partial charge in [-0.1, -0.05) is 0 Å². The van der Waals surface area contributed by atoms with E-state index >= 15 is 0 Å². The van der Waals surface area contributed by atoms with Gasteiger partial charge < -0.3 is 5.32 Å². The van der Waals surface area contributed by atoms with Gasteiger partial charge in [0.25, 0.3) is 0 Å². The minimum Gasteiger partial charge on any atom is -0.317 e. The van der Waals surface area contributed by atoms with Gasteiger partial charge in [0.15, 0.2) is 0 Å². The lowest BCUT2D eigenvalue weighted by Crippen LogP contribution is -2.42. The molecule has 0 amide bonds. The molecule has 1 fully saturated rings. The van der Waals surface area contributed by atoms with E-state index in [0.717, 1.165) is 0 Å². The zero-order valence-corrected chi connectivity index (χ0v) is 10.2. The van der Waals surface area contributed by atoms with E-state index in [1.807, 2.05) is 12.4 Å². The Bertz CT molecular complexity index is 304. The van der Waals surface area contributed by atoms with Crippen LogP contribution in [0.2, 0.25) is 0 Å². The molecule has 0 spiro atoms. The number of rotatable bonds is 3. The first-order valence-corrected chi connectivity index (χ1v) is 6.12. The van der Waals surface area contributed by atoms with E-state index in [4.69, 9.17) is 0 Å². The molecule has 1 N–H and O–H groups in total. The molecule has 88 valence electrons. The number of nitrogens with zero attached hydrogens (tertiary/aromatic N) is 2. The molecule has 0 aliphatic carbocycles. The topological polar surface area (TPSA) is 28.2 Å². The SMILES string of the molecule is CNC1CCN(C(C)c2ccncc2)CC1. The lowest BCUT2D eigenvalue weighted by Gasteiger charge is -2.36. The van der Waals surface area contributed by atoms with Crippen molar-refractivity contribution in [3.63, 3.8) is 0 Å². The normalized spacial score (nSPS) is 20.9. The summed E-state index contributed by atoms with van der Waals surface area (Å²) in [6, 6.07) is 5.46. The molecule has 1 aliphatic heterocycles. The van der Waals surface area contributed by atoms with Crippen LogP contribution in [0.1, 0.15) is 31.4 Å². The van der Waals surface area contributed by atoms with Crippen LogP contribution < -0.4 is 5.32 Å². The first-order valence-electron chi connectivity index (χ1n) is 6.12. The highest BCUT2D eigenvalue weighted by Gasteiger charge is 2.22. The van der Waals surface area contributed by atoms with E-state index in [2.05, 4.69) is 41.3 Å². The van der Waals surface area contributed by atoms with Crippen molar-refractivity contribution in [2.24, 2.45) is 0 Å². The third kappa shape index (κ3) is 2.60. The average Bonchev–Trinajstić information content (AvgIpc) is 2.39. The zero-order valence-electron chi connectivity index (χ0n) is 10.2. The predicted molar refractivity (Wildman–Crippen MR) is 66.3 cm³/mol. The summed E-state index contributed by atoms with van der Waals surface area (Å²) in [5.41, 5.74) is 1.37. The molecule has 1 atom stereocenters. The Morgan fingerprint density at radius 3 is 2.50 bits per heavy atom.